The highest BCUT2D eigenvalue weighted by molar-refractivity contribution is 7.53. The van der Waals surface area contributed by atoms with Gasteiger partial charge in [-0.3, -0.25) is 9.36 Å². The van der Waals surface area contributed by atoms with Crippen molar-refractivity contribution < 1.29 is 38.1 Å². The molecule has 1 heterocycles. The van der Waals surface area contributed by atoms with Gasteiger partial charge >= 0.3 is 7.60 Å². The zero-order chi connectivity index (χ0) is 31.3. The molecule has 3 N–H and O–H groups in total. The van der Waals surface area contributed by atoms with Crippen molar-refractivity contribution in [3.8, 4) is 34.3 Å². The second-order valence-electron chi connectivity index (χ2n) is 10.3. The summed E-state index contributed by atoms with van der Waals surface area (Å²) in [5, 5.41) is 9.16. The third-order valence-corrected chi connectivity index (χ3v) is 9.23. The van der Waals surface area contributed by atoms with Crippen molar-refractivity contribution >= 4 is 18.6 Å². The highest BCUT2D eigenvalue weighted by Crippen LogP contribution is 2.55. The number of hydrogen-bond acceptors (Lipinski definition) is 7. The van der Waals surface area contributed by atoms with Crippen LogP contribution in [0.25, 0.3) is 22.3 Å². The van der Waals surface area contributed by atoms with Gasteiger partial charge in [0.2, 0.25) is 16.5 Å². The molecular formula is C34H33O9P. The van der Waals surface area contributed by atoms with Crippen LogP contribution in [0.1, 0.15) is 37.8 Å². The van der Waals surface area contributed by atoms with Gasteiger partial charge in [0, 0.05) is 17.7 Å². The molecule has 5 rings (SSSR count). The average molecular weight is 617 g/mol. The third kappa shape index (κ3) is 6.50. The number of rotatable bonds is 12. The molecule has 4 aromatic carbocycles. The van der Waals surface area contributed by atoms with E-state index >= 15 is 0 Å². The van der Waals surface area contributed by atoms with E-state index < -0.39 is 18.4 Å². The van der Waals surface area contributed by atoms with Crippen molar-refractivity contribution in [1.82, 2.24) is 0 Å². The molecule has 5 aromatic rings. The van der Waals surface area contributed by atoms with E-state index in [1.165, 1.54) is 12.1 Å². The van der Waals surface area contributed by atoms with Gasteiger partial charge in [0.15, 0.2) is 5.76 Å². The summed E-state index contributed by atoms with van der Waals surface area (Å²) in [6, 6.07) is 28.0. The van der Waals surface area contributed by atoms with Crippen molar-refractivity contribution in [1.29, 1.82) is 0 Å². The van der Waals surface area contributed by atoms with Crippen molar-refractivity contribution in [2.45, 2.75) is 45.2 Å². The monoisotopic (exact) mass is 616 g/mol. The second kappa shape index (κ2) is 13.0. The summed E-state index contributed by atoms with van der Waals surface area (Å²) in [5.41, 5.74) is 1.72. The Bertz CT molecular complexity index is 1830. The van der Waals surface area contributed by atoms with Crippen molar-refractivity contribution in [2.24, 2.45) is 0 Å². The molecule has 228 valence electrons. The predicted octanol–water partition coefficient (Wildman–Crippen LogP) is 7.40. The Morgan fingerprint density at radius 2 is 1.34 bits per heavy atom. The minimum Gasteiger partial charge on any atom is -0.507 e. The van der Waals surface area contributed by atoms with Crippen LogP contribution >= 0.6 is 7.60 Å². The number of ether oxygens (including phenoxy) is 3. The smallest absolute Gasteiger partial charge is 0.368 e. The van der Waals surface area contributed by atoms with Crippen molar-refractivity contribution in [3.05, 3.63) is 118 Å². The molecule has 0 aliphatic carbocycles. The fraction of sp³-hybridized carbons (Fsp3) is 0.206. The Balaban J connectivity index is 1.55. The average Bonchev–Trinajstić information content (AvgIpc) is 3.02. The lowest BCUT2D eigenvalue weighted by Crippen LogP contribution is -2.34. The van der Waals surface area contributed by atoms with Crippen LogP contribution in [0.15, 0.2) is 106 Å². The molecule has 0 aliphatic rings. The fourth-order valence-corrected chi connectivity index (χ4v) is 5.94. The van der Waals surface area contributed by atoms with E-state index in [-0.39, 0.29) is 60.0 Å². The molecule has 0 fully saturated rings. The van der Waals surface area contributed by atoms with Gasteiger partial charge in [-0.15, -0.1) is 0 Å². The number of phenols is 1. The van der Waals surface area contributed by atoms with Gasteiger partial charge in [0.05, 0.1) is 0 Å². The van der Waals surface area contributed by atoms with Crippen LogP contribution in [0.3, 0.4) is 0 Å². The number of hydrogen-bond donors (Lipinski definition) is 3. The SMILES string of the molecule is CCC(CC)(Oc1ccc(-c2oc3cc(OCc4ccccc4)cc(O)c3c(=O)c2OCc2ccccc2)cc1)P(=O)(O)O. The molecule has 0 aliphatic heterocycles. The summed E-state index contributed by atoms with van der Waals surface area (Å²) in [4.78, 5) is 33.8. The number of benzene rings is 4. The van der Waals surface area contributed by atoms with E-state index in [2.05, 4.69) is 0 Å². The molecule has 0 saturated heterocycles. The number of phenolic OH excluding ortho intramolecular Hbond substituents is 1. The van der Waals surface area contributed by atoms with Crippen molar-refractivity contribution in [3.63, 3.8) is 0 Å². The number of fused-ring (bicyclic) bond motifs is 1. The molecule has 0 spiro atoms. The van der Waals surface area contributed by atoms with Crippen LogP contribution in [-0.4, -0.2) is 20.2 Å². The molecule has 44 heavy (non-hydrogen) atoms. The maximum Gasteiger partial charge on any atom is 0.368 e. The summed E-state index contributed by atoms with van der Waals surface area (Å²) in [6.45, 7) is 3.63. The van der Waals surface area contributed by atoms with Crippen LogP contribution in [0, 0.1) is 0 Å². The zero-order valence-corrected chi connectivity index (χ0v) is 25.2. The van der Waals surface area contributed by atoms with E-state index in [4.69, 9.17) is 18.6 Å². The summed E-state index contributed by atoms with van der Waals surface area (Å²) >= 11 is 0. The summed E-state index contributed by atoms with van der Waals surface area (Å²) in [6.07, 6.45) is 0.204. The van der Waals surface area contributed by atoms with Crippen LogP contribution in [-0.2, 0) is 17.8 Å². The summed E-state index contributed by atoms with van der Waals surface area (Å²) < 4.78 is 36.2. The fourth-order valence-electron chi connectivity index (χ4n) is 4.89. The largest absolute Gasteiger partial charge is 0.507 e. The van der Waals surface area contributed by atoms with Crippen LogP contribution in [0.2, 0.25) is 0 Å². The maximum absolute atomic E-state index is 13.8. The summed E-state index contributed by atoms with van der Waals surface area (Å²) in [5.74, 6) is 0.242. The van der Waals surface area contributed by atoms with E-state index in [0.717, 1.165) is 11.1 Å². The molecule has 1 aromatic heterocycles. The second-order valence-corrected chi connectivity index (χ2v) is 12.2. The van der Waals surface area contributed by atoms with E-state index in [1.54, 1.807) is 38.1 Å². The third-order valence-electron chi connectivity index (χ3n) is 7.44. The first-order valence-corrected chi connectivity index (χ1v) is 15.8. The molecule has 0 bridgehead atoms. The molecule has 0 saturated carbocycles. The van der Waals surface area contributed by atoms with E-state index in [0.29, 0.717) is 11.3 Å². The molecular weight excluding hydrogens is 583 g/mol. The van der Waals surface area contributed by atoms with Crippen molar-refractivity contribution in [2.75, 3.05) is 0 Å². The molecule has 10 heteroatoms. The Labute approximate surface area is 254 Å². The van der Waals surface area contributed by atoms with Gasteiger partial charge in [-0.05, 0) is 48.2 Å². The van der Waals surface area contributed by atoms with Crippen LogP contribution in [0.4, 0.5) is 0 Å². The molecule has 9 nitrogen and oxygen atoms in total. The van der Waals surface area contributed by atoms with E-state index in [9.17, 15) is 24.3 Å². The van der Waals surface area contributed by atoms with Gasteiger partial charge in [-0.25, -0.2) is 0 Å². The predicted molar refractivity (Wildman–Crippen MR) is 167 cm³/mol. The molecule has 0 atom stereocenters. The Kier molecular flexibility index (Phi) is 9.11. The van der Waals surface area contributed by atoms with Gasteiger partial charge in [-0.1, -0.05) is 74.5 Å². The van der Waals surface area contributed by atoms with Crippen LogP contribution < -0.4 is 19.6 Å². The minimum absolute atomic E-state index is 0.0545. The molecule has 0 radical (unpaired) electrons. The molecule has 0 unspecified atom stereocenters. The van der Waals surface area contributed by atoms with Gasteiger partial charge < -0.3 is 33.5 Å². The van der Waals surface area contributed by atoms with Gasteiger partial charge in [0.1, 0.15) is 41.4 Å². The standard InChI is InChI=1S/C34H33O9P/c1-3-34(4-2,44(37,38)39)43-26-17-15-25(16-18-26)32-33(41-22-24-13-9-6-10-14-24)31(36)30-28(35)19-27(20-29(30)42-32)40-21-23-11-7-5-8-12-23/h5-20,35H,3-4,21-22H2,1-2H3,(H2,37,38,39). The van der Waals surface area contributed by atoms with Gasteiger partial charge in [-0.2, -0.15) is 0 Å². The zero-order valence-electron chi connectivity index (χ0n) is 24.3. The highest BCUT2D eigenvalue weighted by atomic mass is 31.2. The van der Waals surface area contributed by atoms with E-state index in [1.807, 2.05) is 60.7 Å². The quantitative estimate of drug-likeness (QED) is 0.123. The normalized spacial score (nSPS) is 11.8. The highest BCUT2D eigenvalue weighted by Gasteiger charge is 2.46. The topological polar surface area (TPSA) is 136 Å². The Hall–Kier alpha value is -4.56. The first-order valence-electron chi connectivity index (χ1n) is 14.2. The maximum atomic E-state index is 13.8. The lowest BCUT2D eigenvalue weighted by atomic mass is 10.1. The minimum atomic E-state index is -4.60. The first kappa shape index (κ1) is 30.9. The lowest BCUT2D eigenvalue weighted by molar-refractivity contribution is 0.108. The first-order chi connectivity index (χ1) is 21.1. The Morgan fingerprint density at radius 3 is 1.89 bits per heavy atom. The molecule has 0 amide bonds. The number of aromatic hydroxyl groups is 1. The van der Waals surface area contributed by atoms with Gasteiger partial charge in [0.25, 0.3) is 0 Å². The summed E-state index contributed by atoms with van der Waals surface area (Å²) in [7, 11) is -4.60. The van der Waals surface area contributed by atoms with Crippen LogP contribution in [0.5, 0.6) is 23.0 Å². The Morgan fingerprint density at radius 1 is 0.773 bits per heavy atom. The lowest BCUT2D eigenvalue weighted by Gasteiger charge is -2.33.